The van der Waals surface area contributed by atoms with Crippen molar-refractivity contribution < 1.29 is 9.53 Å². The van der Waals surface area contributed by atoms with Crippen LogP contribution >= 0.6 is 36.2 Å². The number of hydrogen-bond donors (Lipinski definition) is 1. The predicted octanol–water partition coefficient (Wildman–Crippen LogP) is 3.49. The third-order valence-corrected chi connectivity index (χ3v) is 4.68. The number of nitrogens with one attached hydrogen (secondary N) is 1. The molecule has 0 saturated carbocycles. The molecule has 138 valence electrons. The number of hydrogen-bond acceptors (Lipinski definition) is 5. The maximum atomic E-state index is 12.6. The lowest BCUT2D eigenvalue weighted by Gasteiger charge is -2.31. The molecule has 25 heavy (non-hydrogen) atoms. The zero-order chi connectivity index (χ0) is 16.2. The Balaban J connectivity index is 0.00000156. The van der Waals surface area contributed by atoms with Gasteiger partial charge in [0.1, 0.15) is 16.5 Å². The molecule has 0 radical (unpaired) electrons. The minimum absolute atomic E-state index is 0. The number of carbonyl (C=O) groups is 1. The largest absolute Gasteiger partial charge is 0.494 e. The highest BCUT2D eigenvalue weighted by molar-refractivity contribution is 7.13. The van der Waals surface area contributed by atoms with Crippen LogP contribution in [0, 0.1) is 0 Å². The highest BCUT2D eigenvalue weighted by Gasteiger charge is 2.23. The maximum Gasteiger partial charge on any atom is 0.273 e. The molecule has 3 rings (SSSR count). The summed E-state index contributed by atoms with van der Waals surface area (Å²) in [6.45, 7) is 7.00. The van der Waals surface area contributed by atoms with E-state index in [4.69, 9.17) is 4.74 Å². The first-order chi connectivity index (χ1) is 11.2. The number of aromatic nitrogens is 1. The Morgan fingerprint density at radius 2 is 2.08 bits per heavy atom. The molecular formula is C17H23Cl2N3O2S. The monoisotopic (exact) mass is 403 g/mol. The standard InChI is InChI=1S/C17H21N3O2S.2ClH/c1-3-22-14-6-4-13(5-7-14)16-19-15(11-23-16)17(21)20-9-8-18-12(2)10-20;;/h4-7,11-12,18H,3,8-10H2,1-2H3;2*1H. The van der Waals surface area contributed by atoms with Crippen molar-refractivity contribution in [3.8, 4) is 16.3 Å². The second-order valence-electron chi connectivity index (χ2n) is 5.60. The van der Waals surface area contributed by atoms with Gasteiger partial charge >= 0.3 is 0 Å². The van der Waals surface area contributed by atoms with Crippen LogP contribution < -0.4 is 10.1 Å². The molecule has 1 aromatic heterocycles. The fourth-order valence-electron chi connectivity index (χ4n) is 2.64. The first-order valence-corrected chi connectivity index (χ1v) is 8.76. The molecule has 1 atom stereocenters. The van der Waals surface area contributed by atoms with Crippen molar-refractivity contribution in [2.75, 3.05) is 26.2 Å². The number of ether oxygens (including phenoxy) is 1. The van der Waals surface area contributed by atoms with Crippen LogP contribution in [-0.4, -0.2) is 48.1 Å². The van der Waals surface area contributed by atoms with Crippen LogP contribution in [0.15, 0.2) is 29.6 Å². The number of thiazole rings is 1. The molecule has 2 heterocycles. The minimum atomic E-state index is 0. The van der Waals surface area contributed by atoms with E-state index in [9.17, 15) is 4.79 Å². The molecular weight excluding hydrogens is 381 g/mol. The molecule has 8 heteroatoms. The van der Waals surface area contributed by atoms with E-state index in [0.29, 0.717) is 18.3 Å². The van der Waals surface area contributed by atoms with E-state index in [-0.39, 0.29) is 30.7 Å². The summed E-state index contributed by atoms with van der Waals surface area (Å²) in [7, 11) is 0. The molecule has 1 saturated heterocycles. The summed E-state index contributed by atoms with van der Waals surface area (Å²) < 4.78 is 5.45. The SMILES string of the molecule is CCOc1ccc(-c2nc(C(=O)N3CCNC(C)C3)cs2)cc1.Cl.Cl. The number of carbonyl (C=O) groups excluding carboxylic acids is 1. The zero-order valence-corrected chi connectivity index (χ0v) is 16.7. The zero-order valence-electron chi connectivity index (χ0n) is 14.2. The molecule has 1 N–H and O–H groups in total. The van der Waals surface area contributed by atoms with Gasteiger partial charge in [-0.3, -0.25) is 4.79 Å². The van der Waals surface area contributed by atoms with E-state index in [1.807, 2.05) is 41.5 Å². The lowest BCUT2D eigenvalue weighted by atomic mass is 10.2. The summed E-state index contributed by atoms with van der Waals surface area (Å²) in [6.07, 6.45) is 0. The summed E-state index contributed by atoms with van der Waals surface area (Å²) in [4.78, 5) is 18.9. The highest BCUT2D eigenvalue weighted by atomic mass is 35.5. The van der Waals surface area contributed by atoms with Gasteiger partial charge in [0.05, 0.1) is 6.61 Å². The molecule has 1 fully saturated rings. The van der Waals surface area contributed by atoms with Crippen LogP contribution in [0.2, 0.25) is 0 Å². The molecule has 1 aliphatic heterocycles. The molecule has 0 spiro atoms. The molecule has 2 aromatic rings. The van der Waals surface area contributed by atoms with E-state index >= 15 is 0 Å². The van der Waals surface area contributed by atoms with E-state index < -0.39 is 0 Å². The predicted molar refractivity (Wildman–Crippen MR) is 107 cm³/mol. The molecule has 1 aromatic carbocycles. The fraction of sp³-hybridized carbons (Fsp3) is 0.412. The third kappa shape index (κ3) is 5.31. The minimum Gasteiger partial charge on any atom is -0.494 e. The van der Waals surface area contributed by atoms with Gasteiger partial charge in [-0.1, -0.05) is 0 Å². The van der Waals surface area contributed by atoms with Gasteiger partial charge in [0, 0.05) is 36.6 Å². The second-order valence-corrected chi connectivity index (χ2v) is 6.46. The molecule has 1 unspecified atom stereocenters. The molecule has 5 nitrogen and oxygen atoms in total. The first-order valence-electron chi connectivity index (χ1n) is 7.89. The number of benzene rings is 1. The summed E-state index contributed by atoms with van der Waals surface area (Å²) >= 11 is 1.50. The number of halogens is 2. The van der Waals surface area contributed by atoms with Gasteiger partial charge < -0.3 is 15.0 Å². The summed E-state index contributed by atoms with van der Waals surface area (Å²) in [5.74, 6) is 0.866. The Morgan fingerprint density at radius 3 is 2.72 bits per heavy atom. The van der Waals surface area contributed by atoms with Crippen LogP contribution in [0.4, 0.5) is 0 Å². The van der Waals surface area contributed by atoms with E-state index in [2.05, 4.69) is 17.2 Å². The van der Waals surface area contributed by atoms with Crippen LogP contribution in [-0.2, 0) is 0 Å². The lowest BCUT2D eigenvalue weighted by Crippen LogP contribution is -2.51. The van der Waals surface area contributed by atoms with Crippen LogP contribution in [0.1, 0.15) is 24.3 Å². The van der Waals surface area contributed by atoms with Gasteiger partial charge in [-0.25, -0.2) is 4.98 Å². The van der Waals surface area contributed by atoms with Gasteiger partial charge in [0.2, 0.25) is 0 Å². The first kappa shape index (κ1) is 21.7. The topological polar surface area (TPSA) is 54.5 Å². The summed E-state index contributed by atoms with van der Waals surface area (Å²) in [5, 5.41) is 6.05. The number of piperazine rings is 1. The van der Waals surface area contributed by atoms with Gasteiger partial charge in [-0.05, 0) is 38.1 Å². The Labute approximate surface area is 164 Å². The second kappa shape index (κ2) is 9.97. The van der Waals surface area contributed by atoms with Crippen molar-refractivity contribution in [2.45, 2.75) is 19.9 Å². The van der Waals surface area contributed by atoms with Crippen molar-refractivity contribution in [3.63, 3.8) is 0 Å². The average Bonchev–Trinajstić information content (AvgIpc) is 3.05. The average molecular weight is 404 g/mol. The van der Waals surface area contributed by atoms with Crippen molar-refractivity contribution >= 4 is 42.1 Å². The van der Waals surface area contributed by atoms with Gasteiger partial charge in [0.15, 0.2) is 0 Å². The highest BCUT2D eigenvalue weighted by Crippen LogP contribution is 2.26. The number of amides is 1. The van der Waals surface area contributed by atoms with Gasteiger partial charge in [-0.15, -0.1) is 36.2 Å². The Morgan fingerprint density at radius 1 is 1.36 bits per heavy atom. The fourth-order valence-corrected chi connectivity index (χ4v) is 3.44. The van der Waals surface area contributed by atoms with Crippen LogP contribution in [0.5, 0.6) is 5.75 Å². The molecule has 0 aliphatic carbocycles. The Bertz CT molecular complexity index is 679. The summed E-state index contributed by atoms with van der Waals surface area (Å²) in [6, 6.07) is 8.15. The molecule has 1 aliphatic rings. The summed E-state index contributed by atoms with van der Waals surface area (Å²) in [5.41, 5.74) is 1.54. The smallest absolute Gasteiger partial charge is 0.273 e. The lowest BCUT2D eigenvalue weighted by molar-refractivity contribution is 0.0704. The van der Waals surface area contributed by atoms with E-state index in [0.717, 1.165) is 36.0 Å². The number of rotatable bonds is 4. The van der Waals surface area contributed by atoms with Gasteiger partial charge in [0.25, 0.3) is 5.91 Å². The normalized spacial score (nSPS) is 16.6. The van der Waals surface area contributed by atoms with Crippen molar-refractivity contribution in [1.82, 2.24) is 15.2 Å². The Kier molecular flexibility index (Phi) is 8.65. The molecule has 1 amide bonds. The number of nitrogens with zero attached hydrogens (tertiary/aromatic N) is 2. The van der Waals surface area contributed by atoms with Crippen LogP contribution in [0.3, 0.4) is 0 Å². The van der Waals surface area contributed by atoms with Crippen molar-refractivity contribution in [2.24, 2.45) is 0 Å². The van der Waals surface area contributed by atoms with E-state index in [1.165, 1.54) is 11.3 Å². The maximum absolute atomic E-state index is 12.6. The van der Waals surface area contributed by atoms with Crippen LogP contribution in [0.25, 0.3) is 10.6 Å². The van der Waals surface area contributed by atoms with Crippen molar-refractivity contribution in [1.29, 1.82) is 0 Å². The quantitative estimate of drug-likeness (QED) is 0.848. The Hall–Kier alpha value is -1.34. The van der Waals surface area contributed by atoms with E-state index in [1.54, 1.807) is 0 Å². The third-order valence-electron chi connectivity index (χ3n) is 3.79. The molecule has 0 bridgehead atoms. The van der Waals surface area contributed by atoms with Gasteiger partial charge in [-0.2, -0.15) is 0 Å². The van der Waals surface area contributed by atoms with Crippen molar-refractivity contribution in [3.05, 3.63) is 35.3 Å².